The number of amides is 2. The van der Waals surface area contributed by atoms with Gasteiger partial charge in [-0.05, 0) is 42.0 Å². The maximum atomic E-state index is 15.2. The maximum absolute atomic E-state index is 15.2. The van der Waals surface area contributed by atoms with E-state index in [0.29, 0.717) is 5.69 Å². The van der Waals surface area contributed by atoms with Gasteiger partial charge in [0.1, 0.15) is 12.1 Å². The van der Waals surface area contributed by atoms with Crippen LogP contribution in [-0.2, 0) is 15.0 Å². The number of pyridine rings is 1. The lowest BCUT2D eigenvalue weighted by molar-refractivity contribution is -0.128. The minimum absolute atomic E-state index is 0.0178. The van der Waals surface area contributed by atoms with Crippen LogP contribution in [0.3, 0.4) is 0 Å². The highest BCUT2D eigenvalue weighted by Crippen LogP contribution is 2.34. The summed E-state index contributed by atoms with van der Waals surface area (Å²) in [6.07, 6.45) is 7.18. The molecule has 1 aromatic carbocycles. The highest BCUT2D eigenvalue weighted by molar-refractivity contribution is 6.04. The third-order valence-electron chi connectivity index (χ3n) is 7.48. The number of anilines is 1. The fourth-order valence-electron chi connectivity index (χ4n) is 5.37. The van der Waals surface area contributed by atoms with Crippen LogP contribution in [0, 0.1) is 17.4 Å². The van der Waals surface area contributed by atoms with Crippen LogP contribution in [0.5, 0.6) is 0 Å². The van der Waals surface area contributed by atoms with E-state index in [-0.39, 0.29) is 30.0 Å². The Balaban J connectivity index is 1.82. The molecule has 202 valence electrons. The zero-order valence-corrected chi connectivity index (χ0v) is 22.2. The fourth-order valence-corrected chi connectivity index (χ4v) is 5.37. The number of hydrogen-bond acceptors (Lipinski definition) is 6. The summed E-state index contributed by atoms with van der Waals surface area (Å²) in [5.74, 6) is -1.90. The van der Waals surface area contributed by atoms with Gasteiger partial charge in [0.05, 0.1) is 12.6 Å². The number of halogens is 1. The van der Waals surface area contributed by atoms with E-state index >= 15 is 4.39 Å². The Morgan fingerprint density at radius 1 is 1.18 bits per heavy atom. The Bertz CT molecular complexity index is 1180. The maximum Gasteiger partial charge on any atom is 0.251 e. The third kappa shape index (κ3) is 5.97. The molecule has 1 aliphatic carbocycles. The Morgan fingerprint density at radius 3 is 2.47 bits per heavy atom. The van der Waals surface area contributed by atoms with Crippen LogP contribution >= 0.6 is 0 Å². The summed E-state index contributed by atoms with van der Waals surface area (Å²) in [6, 6.07) is 7.86. The molecule has 3 atom stereocenters. The molecular weight excluding hydrogens is 485 g/mol. The standard InChI is InChI=1S/C29H36FN5O3/c1-29(2,3)19-11-13-21(14-12-19)35(28(38)24-16-22(36)17-34(24)18-31)25(23-10-7-15-32-26(23)30)27(37)33-20-8-5-4-6-9-20/h7,10-15,20,22,24-25,36H,4-6,8-9,16-17H2,1-3H3,(H,33,37). The molecule has 1 aromatic heterocycles. The van der Waals surface area contributed by atoms with Crippen molar-refractivity contribution in [3.05, 3.63) is 59.7 Å². The molecule has 2 N–H and O–H groups in total. The summed E-state index contributed by atoms with van der Waals surface area (Å²) in [4.78, 5) is 34.3. The van der Waals surface area contributed by atoms with Crippen LogP contribution in [0.2, 0.25) is 0 Å². The lowest BCUT2D eigenvalue weighted by Crippen LogP contribution is -2.52. The summed E-state index contributed by atoms with van der Waals surface area (Å²) in [5, 5.41) is 22.9. The van der Waals surface area contributed by atoms with Crippen LogP contribution in [0.1, 0.15) is 76.5 Å². The molecule has 1 aliphatic heterocycles. The molecule has 2 heterocycles. The number of hydrogen-bond donors (Lipinski definition) is 2. The summed E-state index contributed by atoms with van der Waals surface area (Å²) in [6.45, 7) is 6.23. The number of benzene rings is 1. The molecule has 0 radical (unpaired) electrons. The zero-order valence-electron chi connectivity index (χ0n) is 22.2. The van der Waals surface area contributed by atoms with Crippen molar-refractivity contribution < 1.29 is 19.1 Å². The predicted octanol–water partition coefficient (Wildman–Crippen LogP) is 3.96. The second-order valence-electron chi connectivity index (χ2n) is 11.3. The molecule has 1 saturated carbocycles. The van der Waals surface area contributed by atoms with E-state index in [0.717, 1.165) is 37.7 Å². The van der Waals surface area contributed by atoms with E-state index in [2.05, 4.69) is 31.1 Å². The largest absolute Gasteiger partial charge is 0.391 e. The van der Waals surface area contributed by atoms with Crippen molar-refractivity contribution in [1.29, 1.82) is 5.26 Å². The Hall–Kier alpha value is -3.51. The van der Waals surface area contributed by atoms with Crippen LogP contribution < -0.4 is 10.2 Å². The molecule has 2 aliphatic rings. The zero-order chi connectivity index (χ0) is 27.4. The Labute approximate surface area is 223 Å². The van der Waals surface area contributed by atoms with E-state index < -0.39 is 35.9 Å². The smallest absolute Gasteiger partial charge is 0.251 e. The van der Waals surface area contributed by atoms with Crippen molar-refractivity contribution >= 4 is 17.5 Å². The number of nitrogens with zero attached hydrogens (tertiary/aromatic N) is 4. The molecule has 2 aromatic rings. The van der Waals surface area contributed by atoms with E-state index in [1.165, 1.54) is 28.1 Å². The quantitative estimate of drug-likeness (QED) is 0.440. The molecule has 2 fully saturated rings. The number of nitrogens with one attached hydrogen (secondary N) is 1. The van der Waals surface area contributed by atoms with Crippen molar-refractivity contribution in [3.63, 3.8) is 0 Å². The molecule has 9 heteroatoms. The molecule has 1 saturated heterocycles. The topological polar surface area (TPSA) is 110 Å². The second kappa shape index (κ2) is 11.5. The summed E-state index contributed by atoms with van der Waals surface area (Å²) < 4.78 is 15.2. The number of aromatic nitrogens is 1. The van der Waals surface area contributed by atoms with Gasteiger partial charge in [-0.1, -0.05) is 58.2 Å². The van der Waals surface area contributed by atoms with Crippen LogP contribution in [-0.4, -0.2) is 51.5 Å². The predicted molar refractivity (Wildman–Crippen MR) is 141 cm³/mol. The number of aliphatic hydroxyl groups excluding tert-OH is 1. The van der Waals surface area contributed by atoms with Gasteiger partial charge in [0.15, 0.2) is 6.19 Å². The fraction of sp³-hybridized carbons (Fsp3) is 0.517. The van der Waals surface area contributed by atoms with Crippen LogP contribution in [0.15, 0.2) is 42.6 Å². The SMILES string of the molecule is CC(C)(C)c1ccc(N(C(=O)C2CC(O)CN2C#N)C(C(=O)NC2CCCCC2)c2cccnc2F)cc1. The monoisotopic (exact) mass is 521 g/mol. The first kappa shape index (κ1) is 27.5. The lowest BCUT2D eigenvalue weighted by Gasteiger charge is -2.35. The first-order valence-corrected chi connectivity index (χ1v) is 13.3. The summed E-state index contributed by atoms with van der Waals surface area (Å²) in [5.41, 5.74) is 1.25. The number of carbonyl (C=O) groups excluding carboxylic acids is 2. The van der Waals surface area contributed by atoms with E-state index in [4.69, 9.17) is 0 Å². The van der Waals surface area contributed by atoms with Crippen molar-refractivity contribution in [2.24, 2.45) is 0 Å². The summed E-state index contributed by atoms with van der Waals surface area (Å²) >= 11 is 0. The van der Waals surface area contributed by atoms with Gasteiger partial charge in [-0.15, -0.1) is 0 Å². The minimum Gasteiger partial charge on any atom is -0.391 e. The van der Waals surface area contributed by atoms with Crippen molar-refractivity contribution in [3.8, 4) is 6.19 Å². The number of rotatable bonds is 6. The molecule has 4 rings (SSSR count). The van der Waals surface area contributed by atoms with Crippen LogP contribution in [0.4, 0.5) is 10.1 Å². The van der Waals surface area contributed by atoms with Crippen molar-refractivity contribution in [2.45, 2.75) is 88.9 Å². The Morgan fingerprint density at radius 2 is 1.87 bits per heavy atom. The number of nitriles is 1. The van der Waals surface area contributed by atoms with Gasteiger partial charge in [-0.3, -0.25) is 19.4 Å². The van der Waals surface area contributed by atoms with Gasteiger partial charge in [0, 0.05) is 29.9 Å². The Kier molecular flexibility index (Phi) is 8.32. The van der Waals surface area contributed by atoms with Crippen molar-refractivity contribution in [1.82, 2.24) is 15.2 Å². The second-order valence-corrected chi connectivity index (χ2v) is 11.3. The van der Waals surface area contributed by atoms with E-state index in [1.54, 1.807) is 12.1 Å². The first-order chi connectivity index (χ1) is 18.1. The molecule has 2 amide bonds. The average molecular weight is 522 g/mol. The highest BCUT2D eigenvalue weighted by Gasteiger charge is 2.43. The van der Waals surface area contributed by atoms with Crippen LogP contribution in [0.25, 0.3) is 0 Å². The van der Waals surface area contributed by atoms with Gasteiger partial charge in [0.25, 0.3) is 5.91 Å². The molecule has 3 unspecified atom stereocenters. The number of likely N-dealkylation sites (tertiary alicyclic amines) is 1. The van der Waals surface area contributed by atoms with E-state index in [1.807, 2.05) is 18.3 Å². The van der Waals surface area contributed by atoms with E-state index in [9.17, 15) is 20.0 Å². The molecule has 0 spiro atoms. The molecule has 38 heavy (non-hydrogen) atoms. The van der Waals surface area contributed by atoms with Gasteiger partial charge in [-0.25, -0.2) is 4.98 Å². The number of β-amino-alcohol motifs (C(OH)–C–C–N with tert-alkyl or cyclic N) is 1. The highest BCUT2D eigenvalue weighted by atomic mass is 19.1. The minimum atomic E-state index is -1.35. The molecule has 0 bridgehead atoms. The van der Waals surface area contributed by atoms with Crippen molar-refractivity contribution in [2.75, 3.05) is 11.4 Å². The number of aliphatic hydroxyl groups is 1. The lowest BCUT2D eigenvalue weighted by atomic mass is 9.87. The average Bonchev–Trinajstić information content (AvgIpc) is 3.28. The summed E-state index contributed by atoms with van der Waals surface area (Å²) in [7, 11) is 0. The number of carbonyl (C=O) groups is 2. The molecule has 8 nitrogen and oxygen atoms in total. The molecular formula is C29H36FN5O3. The van der Waals surface area contributed by atoms with Gasteiger partial charge in [0.2, 0.25) is 11.9 Å². The van der Waals surface area contributed by atoms with Gasteiger partial charge in [-0.2, -0.15) is 9.65 Å². The first-order valence-electron chi connectivity index (χ1n) is 13.3. The van der Waals surface area contributed by atoms with Gasteiger partial charge >= 0.3 is 0 Å². The van der Waals surface area contributed by atoms with Gasteiger partial charge < -0.3 is 10.4 Å². The third-order valence-corrected chi connectivity index (χ3v) is 7.48. The normalized spacial score (nSPS) is 21.0.